The van der Waals surface area contributed by atoms with Gasteiger partial charge in [-0.25, -0.2) is 4.98 Å². The summed E-state index contributed by atoms with van der Waals surface area (Å²) >= 11 is 1.47. The lowest BCUT2D eigenvalue weighted by Crippen LogP contribution is -2.24. The zero-order valence-corrected chi connectivity index (χ0v) is 13.4. The fourth-order valence-electron chi connectivity index (χ4n) is 2.26. The molecule has 0 aliphatic heterocycles. The topological polar surface area (TPSA) is 51.2 Å². The van der Waals surface area contributed by atoms with Gasteiger partial charge in [0, 0.05) is 10.8 Å². The molecule has 2 rings (SSSR count). The summed E-state index contributed by atoms with van der Waals surface area (Å²) in [7, 11) is 0. The highest BCUT2D eigenvalue weighted by molar-refractivity contribution is 7.13. The van der Waals surface area contributed by atoms with E-state index in [1.54, 1.807) is 0 Å². The Balaban J connectivity index is 1.77. The van der Waals surface area contributed by atoms with E-state index in [1.165, 1.54) is 30.6 Å². The van der Waals surface area contributed by atoms with Crippen molar-refractivity contribution in [3.8, 4) is 0 Å². The molecular formula is C15H24N2O2S. The molecule has 1 heterocycles. The quantitative estimate of drug-likeness (QED) is 0.921. The normalized spacial score (nSPS) is 17.1. The number of carbonyl (C=O) groups excluding carboxylic acids is 1. The van der Waals surface area contributed by atoms with E-state index in [4.69, 9.17) is 4.74 Å². The van der Waals surface area contributed by atoms with Gasteiger partial charge in [0.25, 0.3) is 5.91 Å². The molecule has 0 bridgehead atoms. The minimum Gasteiger partial charge on any atom is -0.368 e. The van der Waals surface area contributed by atoms with Crippen molar-refractivity contribution in [3.63, 3.8) is 0 Å². The highest BCUT2D eigenvalue weighted by Gasteiger charge is 2.19. The molecule has 1 aliphatic carbocycles. The van der Waals surface area contributed by atoms with E-state index in [0.717, 1.165) is 18.5 Å². The molecule has 1 aliphatic rings. The van der Waals surface area contributed by atoms with E-state index in [2.05, 4.69) is 31.1 Å². The van der Waals surface area contributed by atoms with Gasteiger partial charge in [-0.15, -0.1) is 11.3 Å². The van der Waals surface area contributed by atoms with Crippen molar-refractivity contribution in [2.75, 3.05) is 11.9 Å². The van der Waals surface area contributed by atoms with Gasteiger partial charge in [-0.3, -0.25) is 10.1 Å². The molecule has 1 aromatic heterocycles. The van der Waals surface area contributed by atoms with E-state index in [9.17, 15) is 4.79 Å². The van der Waals surface area contributed by atoms with Crippen molar-refractivity contribution in [3.05, 3.63) is 11.1 Å². The van der Waals surface area contributed by atoms with Gasteiger partial charge in [-0.05, 0) is 12.8 Å². The molecule has 0 saturated heterocycles. The van der Waals surface area contributed by atoms with E-state index in [1.807, 2.05) is 5.38 Å². The minimum atomic E-state index is -0.106. The minimum absolute atomic E-state index is 0.0120. The second-order valence-electron chi connectivity index (χ2n) is 6.41. The van der Waals surface area contributed by atoms with Crippen LogP contribution < -0.4 is 5.32 Å². The van der Waals surface area contributed by atoms with Crippen LogP contribution >= 0.6 is 11.3 Å². The maximum atomic E-state index is 11.8. The predicted octanol–water partition coefficient (Wildman–Crippen LogP) is 3.73. The fraction of sp³-hybridized carbons (Fsp3) is 0.733. The van der Waals surface area contributed by atoms with Gasteiger partial charge in [-0.1, -0.05) is 40.0 Å². The standard InChI is InChI=1S/C15H24N2O2S/c1-15(2,3)12-10-20-14(16-12)17-13(18)9-19-11-7-5-4-6-8-11/h10-11H,4-9H2,1-3H3,(H,16,17,18). The number of amides is 1. The first kappa shape index (κ1) is 15.4. The number of carbonyl (C=O) groups is 1. The third kappa shape index (κ3) is 4.56. The molecule has 0 atom stereocenters. The number of thiazole rings is 1. The van der Waals surface area contributed by atoms with Crippen LogP contribution in [0.15, 0.2) is 5.38 Å². The van der Waals surface area contributed by atoms with Crippen LogP contribution in [-0.2, 0) is 14.9 Å². The number of aromatic nitrogens is 1. The molecule has 1 saturated carbocycles. The molecule has 0 aromatic carbocycles. The summed E-state index contributed by atoms with van der Waals surface area (Å²) in [5.74, 6) is -0.106. The summed E-state index contributed by atoms with van der Waals surface area (Å²) in [5, 5.41) is 5.47. The number of hydrogen-bond acceptors (Lipinski definition) is 4. The summed E-state index contributed by atoms with van der Waals surface area (Å²) in [6.07, 6.45) is 6.15. The van der Waals surface area contributed by atoms with Crippen LogP contribution in [-0.4, -0.2) is 23.6 Å². The second-order valence-corrected chi connectivity index (χ2v) is 7.27. The number of hydrogen-bond donors (Lipinski definition) is 1. The number of nitrogens with one attached hydrogen (secondary N) is 1. The first-order valence-corrected chi connectivity index (χ1v) is 8.20. The molecule has 0 spiro atoms. The van der Waals surface area contributed by atoms with E-state index >= 15 is 0 Å². The average Bonchev–Trinajstić information content (AvgIpc) is 2.86. The molecule has 1 amide bonds. The fourth-order valence-corrected chi connectivity index (χ4v) is 3.21. The second kappa shape index (κ2) is 6.68. The van der Waals surface area contributed by atoms with Crippen molar-refractivity contribution in [2.45, 2.75) is 64.4 Å². The van der Waals surface area contributed by atoms with Crippen LogP contribution in [0, 0.1) is 0 Å². The SMILES string of the molecule is CC(C)(C)c1csc(NC(=O)COC2CCCCC2)n1. The molecule has 0 unspecified atom stereocenters. The molecule has 1 fully saturated rings. The first-order chi connectivity index (χ1) is 9.45. The summed E-state index contributed by atoms with van der Waals surface area (Å²) in [6.45, 7) is 6.47. The molecular weight excluding hydrogens is 272 g/mol. The molecule has 5 heteroatoms. The van der Waals surface area contributed by atoms with Gasteiger partial charge in [0.05, 0.1) is 11.8 Å². The lowest BCUT2D eigenvalue weighted by atomic mass is 9.93. The van der Waals surface area contributed by atoms with Crippen LogP contribution in [0.3, 0.4) is 0 Å². The summed E-state index contributed by atoms with van der Waals surface area (Å²) in [4.78, 5) is 16.3. The van der Waals surface area contributed by atoms with E-state index in [0.29, 0.717) is 5.13 Å². The Kier molecular flexibility index (Phi) is 5.16. The van der Waals surface area contributed by atoms with Crippen molar-refractivity contribution in [1.29, 1.82) is 0 Å². The average molecular weight is 296 g/mol. The Labute approximate surface area is 124 Å². The van der Waals surface area contributed by atoms with Gasteiger partial charge >= 0.3 is 0 Å². The molecule has 4 nitrogen and oxygen atoms in total. The van der Waals surface area contributed by atoms with E-state index in [-0.39, 0.29) is 24.0 Å². The van der Waals surface area contributed by atoms with E-state index < -0.39 is 0 Å². The predicted molar refractivity (Wildman–Crippen MR) is 82.3 cm³/mol. The molecule has 112 valence electrons. The van der Waals surface area contributed by atoms with Gasteiger partial charge in [0.1, 0.15) is 6.61 Å². The van der Waals surface area contributed by atoms with Crippen LogP contribution in [0.1, 0.15) is 58.6 Å². The van der Waals surface area contributed by atoms with Crippen LogP contribution in [0.5, 0.6) is 0 Å². The molecule has 1 N–H and O–H groups in total. The third-order valence-electron chi connectivity index (χ3n) is 3.52. The zero-order valence-electron chi connectivity index (χ0n) is 12.6. The Hall–Kier alpha value is -0.940. The molecule has 20 heavy (non-hydrogen) atoms. The largest absolute Gasteiger partial charge is 0.368 e. The van der Waals surface area contributed by atoms with Crippen molar-refractivity contribution in [2.24, 2.45) is 0 Å². The van der Waals surface area contributed by atoms with Crippen molar-refractivity contribution >= 4 is 22.4 Å². The monoisotopic (exact) mass is 296 g/mol. The zero-order chi connectivity index (χ0) is 14.6. The maximum Gasteiger partial charge on any atom is 0.252 e. The summed E-state index contributed by atoms with van der Waals surface area (Å²) in [6, 6.07) is 0. The third-order valence-corrected chi connectivity index (χ3v) is 4.28. The van der Waals surface area contributed by atoms with Crippen LogP contribution in [0.2, 0.25) is 0 Å². The Bertz CT molecular complexity index is 445. The summed E-state index contributed by atoms with van der Waals surface area (Å²) in [5.41, 5.74) is 1.02. The van der Waals surface area contributed by atoms with Gasteiger partial charge in [0.15, 0.2) is 5.13 Å². The van der Waals surface area contributed by atoms with Crippen molar-refractivity contribution in [1.82, 2.24) is 4.98 Å². The van der Waals surface area contributed by atoms with Crippen molar-refractivity contribution < 1.29 is 9.53 Å². The first-order valence-electron chi connectivity index (χ1n) is 7.32. The highest BCUT2D eigenvalue weighted by atomic mass is 32.1. The van der Waals surface area contributed by atoms with Gasteiger partial charge in [-0.2, -0.15) is 0 Å². The number of ether oxygens (including phenoxy) is 1. The maximum absolute atomic E-state index is 11.8. The highest BCUT2D eigenvalue weighted by Crippen LogP contribution is 2.26. The Morgan fingerprint density at radius 3 is 2.70 bits per heavy atom. The Morgan fingerprint density at radius 2 is 2.10 bits per heavy atom. The van der Waals surface area contributed by atoms with Gasteiger partial charge < -0.3 is 4.74 Å². The Morgan fingerprint density at radius 1 is 1.40 bits per heavy atom. The van der Waals surface area contributed by atoms with Crippen LogP contribution in [0.4, 0.5) is 5.13 Å². The number of anilines is 1. The number of nitrogens with zero attached hydrogens (tertiary/aromatic N) is 1. The van der Waals surface area contributed by atoms with Crippen LogP contribution in [0.25, 0.3) is 0 Å². The number of rotatable bonds is 4. The van der Waals surface area contributed by atoms with Gasteiger partial charge in [0.2, 0.25) is 0 Å². The lowest BCUT2D eigenvalue weighted by molar-refractivity contribution is -0.123. The molecule has 1 aromatic rings. The lowest BCUT2D eigenvalue weighted by Gasteiger charge is -2.21. The molecule has 0 radical (unpaired) electrons. The smallest absolute Gasteiger partial charge is 0.252 e. The summed E-state index contributed by atoms with van der Waals surface area (Å²) < 4.78 is 5.66.